The Labute approximate surface area is 163 Å². The molecule has 0 aliphatic carbocycles. The van der Waals surface area contributed by atoms with Crippen molar-refractivity contribution in [1.29, 1.82) is 0 Å². The molecule has 4 rings (SSSR count). The number of aromatic nitrogens is 3. The summed E-state index contributed by atoms with van der Waals surface area (Å²) in [5.74, 6) is 2.58. The lowest BCUT2D eigenvalue weighted by Crippen LogP contribution is -2.09. The standard InChI is InChI=1S/C22H21N5O/c1-16-14-21(27-28-16)25-20-15-19(18-10-6-3-7-11-18)24-22(26-20)23-13-12-17-8-4-2-5-9-17/h2-11,14-15H,12-13H2,1H3,(H2,23,24,25,26,27). The smallest absolute Gasteiger partial charge is 0.225 e. The van der Waals surface area contributed by atoms with Gasteiger partial charge in [-0.3, -0.25) is 0 Å². The predicted molar refractivity (Wildman–Crippen MR) is 111 cm³/mol. The molecule has 0 radical (unpaired) electrons. The molecule has 28 heavy (non-hydrogen) atoms. The Morgan fingerprint density at radius 1 is 0.857 bits per heavy atom. The molecule has 0 aliphatic heterocycles. The minimum Gasteiger partial charge on any atom is -0.360 e. The molecule has 0 atom stereocenters. The van der Waals surface area contributed by atoms with Gasteiger partial charge < -0.3 is 15.2 Å². The maximum absolute atomic E-state index is 5.12. The van der Waals surface area contributed by atoms with Crippen LogP contribution >= 0.6 is 0 Å². The molecule has 0 fully saturated rings. The maximum Gasteiger partial charge on any atom is 0.225 e. The molecule has 0 spiro atoms. The van der Waals surface area contributed by atoms with Gasteiger partial charge in [-0.25, -0.2) is 4.98 Å². The van der Waals surface area contributed by atoms with Crippen molar-refractivity contribution < 1.29 is 4.52 Å². The SMILES string of the molecule is Cc1cc(Nc2cc(-c3ccccc3)nc(NCCc3ccccc3)n2)no1. The fourth-order valence-electron chi connectivity index (χ4n) is 2.87. The van der Waals surface area contributed by atoms with Gasteiger partial charge in [-0.05, 0) is 18.9 Å². The first-order chi connectivity index (χ1) is 13.8. The highest BCUT2D eigenvalue weighted by Gasteiger charge is 2.09. The molecule has 2 aromatic carbocycles. The maximum atomic E-state index is 5.12. The van der Waals surface area contributed by atoms with Crippen molar-refractivity contribution in [3.63, 3.8) is 0 Å². The van der Waals surface area contributed by atoms with Crippen LogP contribution in [0.25, 0.3) is 11.3 Å². The van der Waals surface area contributed by atoms with Crippen LogP contribution in [0.3, 0.4) is 0 Å². The van der Waals surface area contributed by atoms with E-state index in [2.05, 4.69) is 37.9 Å². The summed E-state index contributed by atoms with van der Waals surface area (Å²) in [5.41, 5.74) is 3.13. The summed E-state index contributed by atoms with van der Waals surface area (Å²) < 4.78 is 5.12. The van der Waals surface area contributed by atoms with E-state index < -0.39 is 0 Å². The Morgan fingerprint density at radius 3 is 2.32 bits per heavy atom. The molecule has 0 aliphatic rings. The monoisotopic (exact) mass is 371 g/mol. The fourth-order valence-corrected chi connectivity index (χ4v) is 2.87. The van der Waals surface area contributed by atoms with Crippen molar-refractivity contribution in [2.75, 3.05) is 17.2 Å². The van der Waals surface area contributed by atoms with Gasteiger partial charge in [0, 0.05) is 24.2 Å². The van der Waals surface area contributed by atoms with Crippen LogP contribution in [0.2, 0.25) is 0 Å². The number of rotatable bonds is 7. The van der Waals surface area contributed by atoms with Gasteiger partial charge in [0.1, 0.15) is 11.6 Å². The molecular weight excluding hydrogens is 350 g/mol. The second-order valence-corrected chi connectivity index (χ2v) is 6.44. The van der Waals surface area contributed by atoms with Gasteiger partial charge in [-0.1, -0.05) is 65.8 Å². The Hall–Kier alpha value is -3.67. The average Bonchev–Trinajstić information content (AvgIpc) is 3.14. The third-order valence-corrected chi connectivity index (χ3v) is 4.22. The number of aryl methyl sites for hydroxylation is 1. The van der Waals surface area contributed by atoms with E-state index in [0.29, 0.717) is 17.6 Å². The summed E-state index contributed by atoms with van der Waals surface area (Å²) in [6.07, 6.45) is 0.894. The first-order valence-corrected chi connectivity index (χ1v) is 9.19. The Bertz CT molecular complexity index is 1030. The normalized spacial score (nSPS) is 10.6. The predicted octanol–water partition coefficient (Wildman–Crippen LogP) is 4.84. The van der Waals surface area contributed by atoms with Gasteiger partial charge in [-0.2, -0.15) is 4.98 Å². The van der Waals surface area contributed by atoms with E-state index in [1.165, 1.54) is 5.56 Å². The van der Waals surface area contributed by atoms with E-state index in [1.54, 1.807) is 0 Å². The zero-order valence-corrected chi connectivity index (χ0v) is 15.6. The molecular formula is C22H21N5O. The second-order valence-electron chi connectivity index (χ2n) is 6.44. The van der Waals surface area contributed by atoms with E-state index in [0.717, 1.165) is 30.0 Å². The van der Waals surface area contributed by atoms with Crippen LogP contribution in [0.15, 0.2) is 77.3 Å². The summed E-state index contributed by atoms with van der Waals surface area (Å²) in [6.45, 7) is 2.59. The minimum atomic E-state index is 0.569. The number of nitrogens with zero attached hydrogens (tertiary/aromatic N) is 3. The van der Waals surface area contributed by atoms with Crippen LogP contribution in [0.5, 0.6) is 0 Å². The molecule has 6 heteroatoms. The molecule has 0 unspecified atom stereocenters. The summed E-state index contributed by atoms with van der Waals surface area (Å²) in [5, 5.41) is 10.5. The van der Waals surface area contributed by atoms with Gasteiger partial charge in [0.25, 0.3) is 0 Å². The highest BCUT2D eigenvalue weighted by Crippen LogP contribution is 2.23. The van der Waals surface area contributed by atoms with E-state index >= 15 is 0 Å². The minimum absolute atomic E-state index is 0.569. The van der Waals surface area contributed by atoms with Crippen molar-refractivity contribution in [2.45, 2.75) is 13.3 Å². The van der Waals surface area contributed by atoms with Gasteiger partial charge in [0.05, 0.1) is 5.69 Å². The topological polar surface area (TPSA) is 75.9 Å². The number of benzene rings is 2. The third-order valence-electron chi connectivity index (χ3n) is 4.22. The van der Waals surface area contributed by atoms with Crippen LogP contribution in [-0.4, -0.2) is 21.7 Å². The molecule has 2 heterocycles. The van der Waals surface area contributed by atoms with Crippen LogP contribution in [-0.2, 0) is 6.42 Å². The van der Waals surface area contributed by atoms with Crippen LogP contribution in [0.4, 0.5) is 17.6 Å². The van der Waals surface area contributed by atoms with E-state index in [-0.39, 0.29) is 0 Å². The lowest BCUT2D eigenvalue weighted by molar-refractivity contribution is 0.400. The molecule has 0 amide bonds. The van der Waals surface area contributed by atoms with E-state index in [9.17, 15) is 0 Å². The quantitative estimate of drug-likeness (QED) is 0.484. The number of anilines is 3. The fraction of sp³-hybridized carbons (Fsp3) is 0.136. The second kappa shape index (κ2) is 8.35. The average molecular weight is 371 g/mol. The van der Waals surface area contributed by atoms with Crippen molar-refractivity contribution in [2.24, 2.45) is 0 Å². The zero-order chi connectivity index (χ0) is 19.2. The zero-order valence-electron chi connectivity index (χ0n) is 15.6. The Morgan fingerprint density at radius 2 is 1.61 bits per heavy atom. The van der Waals surface area contributed by atoms with Crippen molar-refractivity contribution in [3.8, 4) is 11.3 Å². The van der Waals surface area contributed by atoms with Crippen molar-refractivity contribution in [3.05, 3.63) is 84.1 Å². The van der Waals surface area contributed by atoms with Gasteiger partial charge >= 0.3 is 0 Å². The summed E-state index contributed by atoms with van der Waals surface area (Å²) in [4.78, 5) is 9.26. The molecule has 6 nitrogen and oxygen atoms in total. The van der Waals surface area contributed by atoms with E-state index in [4.69, 9.17) is 4.52 Å². The van der Waals surface area contributed by atoms with E-state index in [1.807, 2.05) is 67.6 Å². The van der Waals surface area contributed by atoms with Crippen LogP contribution < -0.4 is 10.6 Å². The molecule has 4 aromatic rings. The number of hydrogen-bond donors (Lipinski definition) is 2. The first-order valence-electron chi connectivity index (χ1n) is 9.19. The Balaban J connectivity index is 1.56. The summed E-state index contributed by atoms with van der Waals surface area (Å²) in [7, 11) is 0. The van der Waals surface area contributed by atoms with Crippen LogP contribution in [0, 0.1) is 6.92 Å². The summed E-state index contributed by atoms with van der Waals surface area (Å²) in [6, 6.07) is 24.1. The highest BCUT2D eigenvalue weighted by molar-refractivity contribution is 5.66. The van der Waals surface area contributed by atoms with Crippen molar-refractivity contribution >= 4 is 17.6 Å². The van der Waals surface area contributed by atoms with Crippen molar-refractivity contribution in [1.82, 2.24) is 15.1 Å². The lowest BCUT2D eigenvalue weighted by atomic mass is 10.1. The number of hydrogen-bond acceptors (Lipinski definition) is 6. The van der Waals surface area contributed by atoms with Crippen LogP contribution in [0.1, 0.15) is 11.3 Å². The lowest BCUT2D eigenvalue weighted by Gasteiger charge is -2.10. The first kappa shape index (κ1) is 17.7. The molecule has 0 saturated carbocycles. The number of nitrogens with one attached hydrogen (secondary N) is 2. The largest absolute Gasteiger partial charge is 0.360 e. The van der Waals surface area contributed by atoms with Gasteiger partial charge in [0.2, 0.25) is 5.95 Å². The molecule has 140 valence electrons. The molecule has 2 aromatic heterocycles. The van der Waals surface area contributed by atoms with Gasteiger partial charge in [0.15, 0.2) is 5.82 Å². The van der Waals surface area contributed by atoms with Gasteiger partial charge in [-0.15, -0.1) is 0 Å². The summed E-state index contributed by atoms with van der Waals surface area (Å²) >= 11 is 0. The Kier molecular flexibility index (Phi) is 5.29. The molecule has 0 saturated heterocycles. The highest BCUT2D eigenvalue weighted by atomic mass is 16.5. The molecule has 0 bridgehead atoms. The molecule has 2 N–H and O–H groups in total. The third kappa shape index (κ3) is 4.54.